The molecule has 1 aromatic heterocycles. The van der Waals surface area contributed by atoms with Gasteiger partial charge < -0.3 is 9.47 Å². The lowest BCUT2D eigenvalue weighted by Gasteiger charge is -2.34. The van der Waals surface area contributed by atoms with E-state index >= 15 is 0 Å². The van der Waals surface area contributed by atoms with Gasteiger partial charge in [0.1, 0.15) is 5.82 Å². The lowest BCUT2D eigenvalue weighted by Crippen LogP contribution is -2.51. The van der Waals surface area contributed by atoms with E-state index in [0.29, 0.717) is 37.1 Å². The molecule has 2 aromatic rings. The summed E-state index contributed by atoms with van der Waals surface area (Å²) in [5.74, 6) is 1.20. The molecule has 0 bridgehead atoms. The molecule has 0 atom stereocenters. The average molecular weight is 478 g/mol. The molecule has 4 rings (SSSR count). The smallest absolute Gasteiger partial charge is 0.243 e. The lowest BCUT2D eigenvalue weighted by molar-refractivity contribution is -0.129. The second-order valence-electron chi connectivity index (χ2n) is 8.58. The molecule has 1 aromatic carbocycles. The van der Waals surface area contributed by atoms with Crippen LogP contribution < -0.4 is 0 Å². The molecule has 174 valence electrons. The molecule has 2 fully saturated rings. The summed E-state index contributed by atoms with van der Waals surface area (Å²) >= 11 is 1.43. The Hall–Kier alpha value is -1.91. The molecule has 0 radical (unpaired) electrons. The summed E-state index contributed by atoms with van der Waals surface area (Å²) in [6.45, 7) is 5.32. The van der Waals surface area contributed by atoms with E-state index < -0.39 is 10.0 Å². The summed E-state index contributed by atoms with van der Waals surface area (Å²) in [6, 6.07) is 7.31. The van der Waals surface area contributed by atoms with E-state index in [9.17, 15) is 13.2 Å². The third-order valence-corrected chi connectivity index (χ3v) is 9.19. The van der Waals surface area contributed by atoms with Crippen molar-refractivity contribution in [3.63, 3.8) is 0 Å². The highest BCUT2D eigenvalue weighted by atomic mass is 32.2. The Labute approximate surface area is 194 Å². The second kappa shape index (κ2) is 9.93. The summed E-state index contributed by atoms with van der Waals surface area (Å²) in [6.07, 6.45) is 6.00. The minimum atomic E-state index is -3.53. The van der Waals surface area contributed by atoms with Gasteiger partial charge in [-0.2, -0.15) is 4.31 Å². The van der Waals surface area contributed by atoms with Gasteiger partial charge in [-0.1, -0.05) is 48.7 Å². The maximum atomic E-state index is 12.9. The van der Waals surface area contributed by atoms with Crippen LogP contribution in [-0.2, 0) is 14.8 Å². The van der Waals surface area contributed by atoms with Crippen LogP contribution in [0.5, 0.6) is 0 Å². The lowest BCUT2D eigenvalue weighted by atomic mass is 9.95. The Bertz CT molecular complexity index is 1040. The highest BCUT2D eigenvalue weighted by molar-refractivity contribution is 7.99. The molecular formula is C22H31N5O3S2. The number of amides is 1. The van der Waals surface area contributed by atoms with Gasteiger partial charge in [-0.05, 0) is 38.8 Å². The standard InChI is InChI=1S/C22H31N5O3S2/c1-17-8-10-20(11-9-17)32(29,30)26-14-12-25(13-15-26)21(28)16-31-22-24-23-18(2)27(22)19-6-4-3-5-7-19/h8-11,19H,3-7,12-16H2,1-2H3. The second-order valence-corrected chi connectivity index (χ2v) is 11.5. The van der Waals surface area contributed by atoms with Crippen molar-refractivity contribution >= 4 is 27.7 Å². The number of benzene rings is 1. The van der Waals surface area contributed by atoms with E-state index in [1.807, 2.05) is 13.8 Å². The zero-order valence-electron chi connectivity index (χ0n) is 18.7. The van der Waals surface area contributed by atoms with Crippen molar-refractivity contribution in [1.82, 2.24) is 24.0 Å². The van der Waals surface area contributed by atoms with Crippen LogP contribution in [0, 0.1) is 13.8 Å². The predicted molar refractivity (Wildman–Crippen MR) is 124 cm³/mol. The van der Waals surface area contributed by atoms with Gasteiger partial charge in [-0.25, -0.2) is 8.42 Å². The maximum absolute atomic E-state index is 12.9. The number of carbonyl (C=O) groups excluding carboxylic acids is 1. The van der Waals surface area contributed by atoms with Crippen molar-refractivity contribution in [2.75, 3.05) is 31.9 Å². The van der Waals surface area contributed by atoms with E-state index in [0.717, 1.165) is 29.4 Å². The predicted octanol–water partition coefficient (Wildman–Crippen LogP) is 3.03. The molecule has 8 nitrogen and oxygen atoms in total. The summed E-state index contributed by atoms with van der Waals surface area (Å²) in [7, 11) is -3.53. The fourth-order valence-corrected chi connectivity index (χ4v) is 6.84. The van der Waals surface area contributed by atoms with Gasteiger partial charge in [0.05, 0.1) is 10.6 Å². The van der Waals surface area contributed by atoms with Crippen molar-refractivity contribution in [3.05, 3.63) is 35.7 Å². The molecule has 0 unspecified atom stereocenters. The van der Waals surface area contributed by atoms with Crippen LogP contribution in [0.1, 0.15) is 49.5 Å². The van der Waals surface area contributed by atoms with Gasteiger partial charge in [-0.3, -0.25) is 4.79 Å². The Balaban J connectivity index is 1.32. The molecule has 0 spiro atoms. The van der Waals surface area contributed by atoms with Crippen molar-refractivity contribution in [2.45, 2.75) is 62.0 Å². The Morgan fingerprint density at radius 2 is 1.66 bits per heavy atom. The summed E-state index contributed by atoms with van der Waals surface area (Å²) in [5, 5.41) is 9.37. The number of nitrogens with zero attached hydrogens (tertiary/aromatic N) is 5. The molecule has 1 saturated carbocycles. The molecular weight excluding hydrogens is 446 g/mol. The molecule has 2 heterocycles. The monoisotopic (exact) mass is 477 g/mol. The zero-order chi connectivity index (χ0) is 22.7. The topological polar surface area (TPSA) is 88.4 Å². The van der Waals surface area contributed by atoms with Crippen molar-refractivity contribution < 1.29 is 13.2 Å². The molecule has 1 aliphatic heterocycles. The molecule has 1 amide bonds. The minimum absolute atomic E-state index is 0.0123. The van der Waals surface area contributed by atoms with Crippen LogP contribution in [0.25, 0.3) is 0 Å². The number of rotatable bonds is 6. The number of hydrogen-bond acceptors (Lipinski definition) is 6. The van der Waals surface area contributed by atoms with Gasteiger partial charge in [0.25, 0.3) is 0 Å². The van der Waals surface area contributed by atoms with Crippen LogP contribution in [0.2, 0.25) is 0 Å². The van der Waals surface area contributed by atoms with Gasteiger partial charge in [0.2, 0.25) is 15.9 Å². The van der Waals surface area contributed by atoms with Gasteiger partial charge in [0, 0.05) is 32.2 Å². The first-order valence-electron chi connectivity index (χ1n) is 11.2. The zero-order valence-corrected chi connectivity index (χ0v) is 20.4. The summed E-state index contributed by atoms with van der Waals surface area (Å²) in [4.78, 5) is 14.9. The average Bonchev–Trinajstić information content (AvgIpc) is 3.18. The highest BCUT2D eigenvalue weighted by Crippen LogP contribution is 2.32. The molecule has 1 aliphatic carbocycles. The summed E-state index contributed by atoms with van der Waals surface area (Å²) < 4.78 is 29.4. The SMILES string of the molecule is Cc1ccc(S(=O)(=O)N2CCN(C(=O)CSc3nnc(C)n3C3CCCCC3)CC2)cc1. The van der Waals surface area contributed by atoms with E-state index in [2.05, 4.69) is 14.8 Å². The number of thioether (sulfide) groups is 1. The Morgan fingerprint density at radius 3 is 2.31 bits per heavy atom. The first kappa shape index (κ1) is 23.3. The quantitative estimate of drug-likeness (QED) is 0.594. The van der Waals surface area contributed by atoms with E-state index in [-0.39, 0.29) is 11.7 Å². The molecule has 2 aliphatic rings. The largest absolute Gasteiger partial charge is 0.339 e. The highest BCUT2D eigenvalue weighted by Gasteiger charge is 2.30. The third-order valence-electron chi connectivity index (χ3n) is 6.35. The van der Waals surface area contributed by atoms with Crippen LogP contribution in [-0.4, -0.2) is 70.2 Å². The van der Waals surface area contributed by atoms with Gasteiger partial charge >= 0.3 is 0 Å². The van der Waals surface area contributed by atoms with Crippen molar-refractivity contribution in [1.29, 1.82) is 0 Å². The molecule has 1 saturated heterocycles. The van der Waals surface area contributed by atoms with Crippen molar-refractivity contribution in [3.8, 4) is 0 Å². The number of hydrogen-bond donors (Lipinski definition) is 0. The third kappa shape index (κ3) is 5.02. The van der Waals surface area contributed by atoms with E-state index in [1.165, 1.54) is 35.3 Å². The van der Waals surface area contributed by atoms with Crippen LogP contribution >= 0.6 is 11.8 Å². The number of aromatic nitrogens is 3. The van der Waals surface area contributed by atoms with Crippen LogP contribution in [0.4, 0.5) is 0 Å². The summed E-state index contributed by atoms with van der Waals surface area (Å²) in [5.41, 5.74) is 1.02. The van der Waals surface area contributed by atoms with Crippen LogP contribution in [0.15, 0.2) is 34.3 Å². The van der Waals surface area contributed by atoms with Gasteiger partial charge in [-0.15, -0.1) is 10.2 Å². The van der Waals surface area contributed by atoms with Gasteiger partial charge in [0.15, 0.2) is 5.16 Å². The number of carbonyl (C=O) groups is 1. The number of piperazine rings is 1. The first-order valence-corrected chi connectivity index (χ1v) is 13.7. The molecule has 32 heavy (non-hydrogen) atoms. The number of aryl methyl sites for hydroxylation is 2. The van der Waals surface area contributed by atoms with Crippen molar-refractivity contribution in [2.24, 2.45) is 0 Å². The van der Waals surface area contributed by atoms with E-state index in [1.54, 1.807) is 29.2 Å². The molecule has 0 N–H and O–H groups in total. The molecule has 10 heteroatoms. The van der Waals surface area contributed by atoms with E-state index in [4.69, 9.17) is 0 Å². The Morgan fingerprint density at radius 1 is 1.00 bits per heavy atom. The minimum Gasteiger partial charge on any atom is -0.339 e. The first-order chi connectivity index (χ1) is 15.4. The fourth-order valence-electron chi connectivity index (χ4n) is 4.46. The number of sulfonamides is 1. The Kier molecular flexibility index (Phi) is 7.21. The fraction of sp³-hybridized carbons (Fsp3) is 0.591. The normalized spacial score (nSPS) is 18.8. The maximum Gasteiger partial charge on any atom is 0.243 e. The van der Waals surface area contributed by atoms with Crippen LogP contribution in [0.3, 0.4) is 0 Å².